The van der Waals surface area contributed by atoms with Gasteiger partial charge >= 0.3 is 0 Å². The normalized spacial score (nSPS) is 24.4. The summed E-state index contributed by atoms with van der Waals surface area (Å²) in [6.07, 6.45) is 1.36. The molecule has 1 spiro atoms. The van der Waals surface area contributed by atoms with E-state index in [4.69, 9.17) is 27.9 Å². The topological polar surface area (TPSA) is 79.5 Å². The lowest BCUT2D eigenvalue weighted by Crippen LogP contribution is -2.52. The monoisotopic (exact) mass is 461 g/mol. The Morgan fingerprint density at radius 1 is 1.23 bits per heavy atom. The maximum atomic E-state index is 13.6. The minimum absolute atomic E-state index is 0.00712. The Hall–Kier alpha value is -2.28. The van der Waals surface area contributed by atoms with Crippen LogP contribution in [0.5, 0.6) is 5.75 Å². The van der Waals surface area contributed by atoms with E-state index in [9.17, 15) is 9.59 Å². The van der Waals surface area contributed by atoms with Gasteiger partial charge in [0.1, 0.15) is 11.3 Å². The Morgan fingerprint density at radius 3 is 2.65 bits per heavy atom. The molecule has 3 atom stereocenters. The fourth-order valence-electron chi connectivity index (χ4n) is 4.75. The van der Waals surface area contributed by atoms with Crippen LogP contribution in [0.4, 0.5) is 11.4 Å². The quantitative estimate of drug-likeness (QED) is 0.596. The second-order valence-corrected chi connectivity index (χ2v) is 9.42. The van der Waals surface area contributed by atoms with Crippen molar-refractivity contribution >= 4 is 46.4 Å². The molecule has 2 aromatic rings. The lowest BCUT2D eigenvalue weighted by molar-refractivity contribution is -0.130. The van der Waals surface area contributed by atoms with Crippen LogP contribution in [0.15, 0.2) is 36.4 Å². The summed E-state index contributed by atoms with van der Waals surface area (Å²) in [5, 5.41) is 10.3. The summed E-state index contributed by atoms with van der Waals surface area (Å²) in [6, 6.07) is 10.3. The number of nitrogens with one attached hydrogen (secondary N) is 3. The lowest BCUT2D eigenvalue weighted by atomic mass is 9.79. The fraction of sp³-hybridized carbons (Fsp3) is 0.391. The molecule has 0 bridgehead atoms. The van der Waals surface area contributed by atoms with Gasteiger partial charge in [-0.05, 0) is 55.2 Å². The molecule has 0 aromatic heterocycles. The third-order valence-electron chi connectivity index (χ3n) is 5.98. The van der Waals surface area contributed by atoms with Gasteiger partial charge in [-0.2, -0.15) is 0 Å². The molecule has 2 heterocycles. The zero-order valence-corrected chi connectivity index (χ0v) is 19.1. The van der Waals surface area contributed by atoms with E-state index in [0.29, 0.717) is 45.1 Å². The second kappa shape index (κ2) is 8.34. The van der Waals surface area contributed by atoms with E-state index in [1.807, 2.05) is 0 Å². The first-order chi connectivity index (χ1) is 14.7. The van der Waals surface area contributed by atoms with E-state index in [-0.39, 0.29) is 17.9 Å². The van der Waals surface area contributed by atoms with Gasteiger partial charge < -0.3 is 15.4 Å². The molecule has 6 nitrogen and oxygen atoms in total. The molecule has 31 heavy (non-hydrogen) atoms. The number of fused-ring (bicyclic) bond motifs is 2. The number of benzene rings is 2. The predicted octanol–water partition coefficient (Wildman–Crippen LogP) is 4.81. The Labute approximate surface area is 191 Å². The van der Waals surface area contributed by atoms with Gasteiger partial charge in [0.25, 0.3) is 0 Å². The van der Waals surface area contributed by atoms with Gasteiger partial charge in [-0.1, -0.05) is 37.0 Å². The van der Waals surface area contributed by atoms with E-state index in [0.717, 1.165) is 6.42 Å². The first-order valence-corrected chi connectivity index (χ1v) is 11.0. The largest absolute Gasteiger partial charge is 0.495 e. The van der Waals surface area contributed by atoms with Crippen molar-refractivity contribution in [2.24, 2.45) is 11.8 Å². The molecule has 4 rings (SSSR count). The average Bonchev–Trinajstić information content (AvgIpc) is 3.21. The van der Waals surface area contributed by atoms with Crippen molar-refractivity contribution in [2.75, 3.05) is 17.7 Å². The molecule has 2 aliphatic rings. The maximum absolute atomic E-state index is 13.6. The molecule has 0 aliphatic carbocycles. The Morgan fingerprint density at radius 2 is 1.94 bits per heavy atom. The van der Waals surface area contributed by atoms with E-state index in [2.05, 4.69) is 29.8 Å². The molecule has 8 heteroatoms. The van der Waals surface area contributed by atoms with Gasteiger partial charge in [0.2, 0.25) is 11.8 Å². The number of carbonyl (C=O) groups is 2. The molecular formula is C23H25Cl2N3O3. The van der Waals surface area contributed by atoms with Gasteiger partial charge in [-0.15, -0.1) is 0 Å². The summed E-state index contributed by atoms with van der Waals surface area (Å²) in [6.45, 7) is 4.25. The minimum Gasteiger partial charge on any atom is -0.495 e. The number of ether oxygens (including phenoxy) is 1. The molecule has 164 valence electrons. The Bertz CT molecular complexity index is 1040. The molecule has 3 N–H and O–H groups in total. The van der Waals surface area contributed by atoms with Crippen LogP contribution in [0.2, 0.25) is 10.0 Å². The highest BCUT2D eigenvalue weighted by Crippen LogP contribution is 2.49. The van der Waals surface area contributed by atoms with Crippen LogP contribution in [0.3, 0.4) is 0 Å². The van der Waals surface area contributed by atoms with E-state index in [1.54, 1.807) is 36.4 Å². The zero-order valence-electron chi connectivity index (χ0n) is 17.6. The number of rotatable bonds is 5. The lowest BCUT2D eigenvalue weighted by Gasteiger charge is -2.29. The first kappa shape index (κ1) is 21.9. The average molecular weight is 462 g/mol. The van der Waals surface area contributed by atoms with Gasteiger partial charge in [0, 0.05) is 27.3 Å². The van der Waals surface area contributed by atoms with Crippen molar-refractivity contribution < 1.29 is 14.3 Å². The molecular weight excluding hydrogens is 437 g/mol. The number of carbonyl (C=O) groups excluding carboxylic acids is 2. The number of hydrogen-bond acceptors (Lipinski definition) is 4. The van der Waals surface area contributed by atoms with Crippen molar-refractivity contribution in [1.82, 2.24) is 5.32 Å². The van der Waals surface area contributed by atoms with Crippen LogP contribution in [0.25, 0.3) is 0 Å². The summed E-state index contributed by atoms with van der Waals surface area (Å²) in [5.74, 6) is -0.250. The van der Waals surface area contributed by atoms with Gasteiger partial charge in [-0.25, -0.2) is 0 Å². The molecule has 1 saturated heterocycles. The predicted molar refractivity (Wildman–Crippen MR) is 123 cm³/mol. The summed E-state index contributed by atoms with van der Waals surface area (Å²) >= 11 is 12.4. The highest BCUT2D eigenvalue weighted by atomic mass is 35.5. The number of methoxy groups -OCH3 is 1. The van der Waals surface area contributed by atoms with Crippen molar-refractivity contribution in [3.05, 3.63) is 52.0 Å². The third kappa shape index (κ3) is 3.88. The van der Waals surface area contributed by atoms with Gasteiger partial charge in [0.05, 0.1) is 18.7 Å². The second-order valence-electron chi connectivity index (χ2n) is 8.54. The van der Waals surface area contributed by atoms with Crippen molar-refractivity contribution in [3.8, 4) is 5.75 Å². The maximum Gasteiger partial charge on any atom is 0.250 e. The SMILES string of the molecule is COc1ccc(Cl)cc1NC(=O)[C@H]1C[C@H](CC(C)C)N[C@]12C(=O)Nc1ccc(Cl)cc12. The van der Waals surface area contributed by atoms with Crippen LogP contribution in [-0.4, -0.2) is 25.0 Å². The van der Waals surface area contributed by atoms with Crippen LogP contribution in [0.1, 0.15) is 32.3 Å². The van der Waals surface area contributed by atoms with Gasteiger partial charge in [-0.3, -0.25) is 14.9 Å². The van der Waals surface area contributed by atoms with Crippen LogP contribution in [0, 0.1) is 11.8 Å². The Kier molecular flexibility index (Phi) is 5.90. The highest BCUT2D eigenvalue weighted by molar-refractivity contribution is 6.31. The summed E-state index contributed by atoms with van der Waals surface area (Å²) in [4.78, 5) is 26.9. The molecule has 0 radical (unpaired) electrons. The zero-order chi connectivity index (χ0) is 22.3. The minimum atomic E-state index is -1.18. The standard InChI is InChI=1S/C23H25Cl2N3O3/c1-12(2)8-15-11-17(21(29)26-19-10-14(25)5-7-20(19)31-3)23(28-15)16-9-13(24)4-6-18(16)27-22(23)30/h4-7,9-10,12,15,17,28H,8,11H2,1-3H3,(H,26,29)(H,27,30)/t15-,17+,23-/m0/s1. The van der Waals surface area contributed by atoms with E-state index < -0.39 is 11.5 Å². The smallest absolute Gasteiger partial charge is 0.250 e. The summed E-state index contributed by atoms with van der Waals surface area (Å²) in [5.41, 5.74) is 0.655. The number of hydrogen-bond donors (Lipinski definition) is 3. The first-order valence-electron chi connectivity index (χ1n) is 10.3. The molecule has 1 fully saturated rings. The third-order valence-corrected chi connectivity index (χ3v) is 6.45. The van der Waals surface area contributed by atoms with Crippen LogP contribution >= 0.6 is 23.2 Å². The number of halogens is 2. The van der Waals surface area contributed by atoms with Crippen LogP contribution in [-0.2, 0) is 15.1 Å². The van der Waals surface area contributed by atoms with Crippen molar-refractivity contribution in [2.45, 2.75) is 38.3 Å². The molecule has 2 amide bonds. The fourth-order valence-corrected chi connectivity index (χ4v) is 5.10. The Balaban J connectivity index is 1.74. The summed E-state index contributed by atoms with van der Waals surface area (Å²) in [7, 11) is 1.53. The van der Waals surface area contributed by atoms with Crippen LogP contribution < -0.4 is 20.7 Å². The highest BCUT2D eigenvalue weighted by Gasteiger charge is 2.60. The van der Waals surface area contributed by atoms with E-state index >= 15 is 0 Å². The molecule has 0 saturated carbocycles. The molecule has 2 aromatic carbocycles. The summed E-state index contributed by atoms with van der Waals surface area (Å²) < 4.78 is 5.36. The van der Waals surface area contributed by atoms with Crippen molar-refractivity contribution in [1.29, 1.82) is 0 Å². The van der Waals surface area contributed by atoms with Crippen molar-refractivity contribution in [3.63, 3.8) is 0 Å². The number of anilines is 2. The van der Waals surface area contributed by atoms with E-state index in [1.165, 1.54) is 7.11 Å². The number of amides is 2. The molecule has 0 unspecified atom stereocenters. The van der Waals surface area contributed by atoms with Gasteiger partial charge in [0.15, 0.2) is 0 Å². The molecule has 2 aliphatic heterocycles.